The van der Waals surface area contributed by atoms with Crippen molar-refractivity contribution in [3.8, 4) is 0 Å². The number of hydrogen-bond acceptors (Lipinski definition) is 5. The fourth-order valence-corrected chi connectivity index (χ4v) is 5.67. The summed E-state index contributed by atoms with van der Waals surface area (Å²) >= 11 is 0. The van der Waals surface area contributed by atoms with Crippen LogP contribution in [0, 0.1) is 0 Å². The third kappa shape index (κ3) is 4.02. The molecule has 1 N–H and O–H groups in total. The van der Waals surface area contributed by atoms with E-state index in [1.807, 2.05) is 25.3 Å². The molecular weight excluding hydrogens is 368 g/mol. The molecule has 1 atom stereocenters. The molecule has 1 fully saturated rings. The van der Waals surface area contributed by atoms with E-state index in [9.17, 15) is 18.0 Å². The lowest BCUT2D eigenvalue weighted by Gasteiger charge is -2.27. The molecule has 3 rings (SSSR count). The first kappa shape index (κ1) is 19.9. The average Bonchev–Trinajstić information content (AvgIpc) is 3.15. The van der Waals surface area contributed by atoms with Gasteiger partial charge in [0.1, 0.15) is 5.69 Å². The molecular formula is C18H28N4O4S. The van der Waals surface area contributed by atoms with E-state index in [2.05, 4.69) is 10.3 Å². The molecule has 9 heteroatoms. The lowest BCUT2D eigenvalue weighted by atomic mass is 10.1. The Morgan fingerprint density at radius 3 is 2.67 bits per heavy atom. The quantitative estimate of drug-likeness (QED) is 0.800. The van der Waals surface area contributed by atoms with Gasteiger partial charge in [0.25, 0.3) is 11.8 Å². The van der Waals surface area contributed by atoms with E-state index in [1.54, 1.807) is 4.90 Å². The fourth-order valence-electron chi connectivity index (χ4n) is 3.94. The van der Waals surface area contributed by atoms with Gasteiger partial charge in [-0.3, -0.25) is 9.59 Å². The summed E-state index contributed by atoms with van der Waals surface area (Å²) in [5.74, 6) is -0.179. The molecule has 2 aliphatic heterocycles. The van der Waals surface area contributed by atoms with Crippen LogP contribution in [0.25, 0.3) is 0 Å². The minimum absolute atomic E-state index is 0.000832. The second kappa shape index (κ2) is 7.61. The lowest BCUT2D eigenvalue weighted by molar-refractivity contribution is 0.0689. The maximum Gasteiger partial charge on any atom is 0.290 e. The zero-order chi connectivity index (χ0) is 19.8. The van der Waals surface area contributed by atoms with Gasteiger partial charge >= 0.3 is 0 Å². The third-order valence-corrected chi connectivity index (χ3v) is 6.95. The van der Waals surface area contributed by atoms with Crippen molar-refractivity contribution >= 4 is 21.7 Å². The number of rotatable bonds is 5. The van der Waals surface area contributed by atoms with Gasteiger partial charge in [0.05, 0.1) is 17.2 Å². The van der Waals surface area contributed by atoms with Crippen molar-refractivity contribution in [2.45, 2.75) is 65.1 Å². The number of fused-ring (bicyclic) bond motifs is 1. The van der Waals surface area contributed by atoms with Gasteiger partial charge in [0, 0.05) is 25.2 Å². The van der Waals surface area contributed by atoms with E-state index in [0.29, 0.717) is 31.6 Å². The van der Waals surface area contributed by atoms with Crippen LogP contribution in [0.2, 0.25) is 0 Å². The Morgan fingerprint density at radius 1 is 1.33 bits per heavy atom. The summed E-state index contributed by atoms with van der Waals surface area (Å²) in [7, 11) is -3.09. The Hall–Kier alpha value is -1.90. The van der Waals surface area contributed by atoms with Crippen molar-refractivity contribution in [2.75, 3.05) is 18.1 Å². The SMILES string of the molecule is CCN(C(=O)c1nc(C(=O)NC(C)C)c2n1CCCC2)C1CCS(=O)(=O)C1. The first-order valence-electron chi connectivity index (χ1n) is 9.65. The van der Waals surface area contributed by atoms with Crippen molar-refractivity contribution in [3.05, 3.63) is 17.2 Å². The summed E-state index contributed by atoms with van der Waals surface area (Å²) in [4.78, 5) is 31.8. The van der Waals surface area contributed by atoms with Crippen LogP contribution in [0.5, 0.6) is 0 Å². The molecule has 0 aromatic carbocycles. The number of sulfone groups is 1. The molecule has 1 aromatic rings. The van der Waals surface area contributed by atoms with Crippen LogP contribution in [-0.2, 0) is 22.8 Å². The van der Waals surface area contributed by atoms with Crippen LogP contribution >= 0.6 is 0 Å². The maximum absolute atomic E-state index is 13.2. The van der Waals surface area contributed by atoms with Gasteiger partial charge in [-0.15, -0.1) is 0 Å². The van der Waals surface area contributed by atoms with Crippen LogP contribution < -0.4 is 5.32 Å². The maximum atomic E-state index is 13.2. The molecule has 2 aliphatic rings. The van der Waals surface area contributed by atoms with Crippen molar-refractivity contribution in [1.82, 2.24) is 19.8 Å². The van der Waals surface area contributed by atoms with Crippen molar-refractivity contribution in [3.63, 3.8) is 0 Å². The largest absolute Gasteiger partial charge is 0.348 e. The topological polar surface area (TPSA) is 101 Å². The summed E-state index contributed by atoms with van der Waals surface area (Å²) in [6.07, 6.45) is 3.06. The Balaban J connectivity index is 1.94. The molecule has 150 valence electrons. The Morgan fingerprint density at radius 2 is 2.07 bits per heavy atom. The molecule has 0 radical (unpaired) electrons. The van der Waals surface area contributed by atoms with E-state index < -0.39 is 9.84 Å². The van der Waals surface area contributed by atoms with E-state index in [0.717, 1.165) is 18.5 Å². The van der Waals surface area contributed by atoms with Gasteiger partial charge in [-0.05, 0) is 46.5 Å². The van der Waals surface area contributed by atoms with E-state index in [4.69, 9.17) is 0 Å². The third-order valence-electron chi connectivity index (χ3n) is 5.19. The summed E-state index contributed by atoms with van der Waals surface area (Å²) < 4.78 is 25.5. The van der Waals surface area contributed by atoms with Crippen LogP contribution in [0.3, 0.4) is 0 Å². The Kier molecular flexibility index (Phi) is 5.60. The molecule has 3 heterocycles. The average molecular weight is 397 g/mol. The predicted octanol–water partition coefficient (Wildman–Crippen LogP) is 1.01. The van der Waals surface area contributed by atoms with E-state index in [1.165, 1.54) is 0 Å². The second-order valence-electron chi connectivity index (χ2n) is 7.62. The van der Waals surface area contributed by atoms with Crippen molar-refractivity contribution < 1.29 is 18.0 Å². The summed E-state index contributed by atoms with van der Waals surface area (Å²) in [5, 5.41) is 2.85. The summed E-state index contributed by atoms with van der Waals surface area (Å²) in [5.41, 5.74) is 1.12. The summed E-state index contributed by atoms with van der Waals surface area (Å²) in [6, 6.07) is -0.342. The normalized spacial score (nSPS) is 21.1. The van der Waals surface area contributed by atoms with Gasteiger partial charge in [-0.25, -0.2) is 13.4 Å². The van der Waals surface area contributed by atoms with E-state index in [-0.39, 0.29) is 41.2 Å². The number of imidazole rings is 1. The van der Waals surface area contributed by atoms with Gasteiger partial charge in [-0.1, -0.05) is 0 Å². The first-order chi connectivity index (χ1) is 12.7. The number of nitrogens with zero attached hydrogens (tertiary/aromatic N) is 3. The van der Waals surface area contributed by atoms with Gasteiger partial charge < -0.3 is 14.8 Å². The number of carbonyl (C=O) groups excluding carboxylic acids is 2. The van der Waals surface area contributed by atoms with Gasteiger partial charge in [-0.2, -0.15) is 0 Å². The number of hydrogen-bond donors (Lipinski definition) is 1. The zero-order valence-corrected chi connectivity index (χ0v) is 17.0. The number of carbonyl (C=O) groups is 2. The lowest BCUT2D eigenvalue weighted by Crippen LogP contribution is -2.42. The number of aromatic nitrogens is 2. The van der Waals surface area contributed by atoms with E-state index >= 15 is 0 Å². The van der Waals surface area contributed by atoms with Gasteiger partial charge in [0.15, 0.2) is 15.7 Å². The zero-order valence-electron chi connectivity index (χ0n) is 16.2. The molecule has 0 spiro atoms. The Bertz CT molecular complexity index is 844. The minimum atomic E-state index is -3.09. The first-order valence-corrected chi connectivity index (χ1v) is 11.5. The standard InChI is InChI=1S/C18H28N4O4S/c1-4-21(13-8-10-27(25,26)11-13)18(24)16-20-15(17(23)19-12(2)3)14-7-5-6-9-22(14)16/h12-13H,4-11H2,1-3H3,(H,19,23). The summed E-state index contributed by atoms with van der Waals surface area (Å²) in [6.45, 7) is 6.67. The van der Waals surface area contributed by atoms with Gasteiger partial charge in [0.2, 0.25) is 0 Å². The molecule has 8 nitrogen and oxygen atoms in total. The molecule has 0 saturated carbocycles. The molecule has 1 aromatic heterocycles. The highest BCUT2D eigenvalue weighted by Gasteiger charge is 2.37. The van der Waals surface area contributed by atoms with Crippen molar-refractivity contribution in [1.29, 1.82) is 0 Å². The Labute approximate surface area is 160 Å². The van der Waals surface area contributed by atoms with Crippen LogP contribution in [0.4, 0.5) is 0 Å². The fraction of sp³-hybridized carbons (Fsp3) is 0.722. The molecule has 0 bridgehead atoms. The number of amides is 2. The predicted molar refractivity (Wildman–Crippen MR) is 102 cm³/mol. The number of nitrogens with one attached hydrogen (secondary N) is 1. The molecule has 0 aliphatic carbocycles. The smallest absolute Gasteiger partial charge is 0.290 e. The highest BCUT2D eigenvalue weighted by atomic mass is 32.2. The minimum Gasteiger partial charge on any atom is -0.348 e. The van der Waals surface area contributed by atoms with Crippen LogP contribution in [0.1, 0.15) is 66.8 Å². The van der Waals surface area contributed by atoms with Crippen molar-refractivity contribution in [2.24, 2.45) is 0 Å². The molecule has 2 amide bonds. The molecule has 1 unspecified atom stereocenters. The second-order valence-corrected chi connectivity index (χ2v) is 9.84. The molecule has 1 saturated heterocycles. The highest BCUT2D eigenvalue weighted by Crippen LogP contribution is 2.24. The monoisotopic (exact) mass is 396 g/mol. The highest BCUT2D eigenvalue weighted by molar-refractivity contribution is 7.91. The van der Waals surface area contributed by atoms with Crippen LogP contribution in [-0.4, -0.2) is 64.8 Å². The molecule has 27 heavy (non-hydrogen) atoms. The van der Waals surface area contributed by atoms with Crippen LogP contribution in [0.15, 0.2) is 0 Å².